The van der Waals surface area contributed by atoms with Crippen molar-refractivity contribution in [3.63, 3.8) is 0 Å². The average molecular weight is 222 g/mol. The van der Waals surface area contributed by atoms with E-state index in [1.165, 1.54) is 19.1 Å². The van der Waals surface area contributed by atoms with E-state index >= 15 is 0 Å². The fourth-order valence-electron chi connectivity index (χ4n) is 0.913. The number of nitro groups is 1. The van der Waals surface area contributed by atoms with E-state index in [0.29, 0.717) is 0 Å². The van der Waals surface area contributed by atoms with Gasteiger partial charge in [0.1, 0.15) is 10.7 Å². The summed E-state index contributed by atoms with van der Waals surface area (Å²) in [6.45, 7) is 1.41. The topological polar surface area (TPSA) is 122 Å². The summed E-state index contributed by atoms with van der Waals surface area (Å²) in [5, 5.41) is 13.2. The Hall–Kier alpha value is -2.60. The van der Waals surface area contributed by atoms with Gasteiger partial charge in [-0.3, -0.25) is 14.9 Å². The van der Waals surface area contributed by atoms with Crippen LogP contribution in [0.3, 0.4) is 0 Å². The van der Waals surface area contributed by atoms with E-state index in [2.05, 4.69) is 10.0 Å². The molecule has 16 heavy (non-hydrogen) atoms. The van der Waals surface area contributed by atoms with Gasteiger partial charge in [-0.15, -0.1) is 0 Å². The molecule has 1 amide bonds. The number of rotatable bonds is 3. The van der Waals surface area contributed by atoms with Gasteiger partial charge in [0.2, 0.25) is 5.91 Å². The number of carbonyl (C=O) groups is 1. The molecule has 1 aromatic rings. The molecule has 1 rings (SSSR count). The van der Waals surface area contributed by atoms with Crippen LogP contribution >= 0.6 is 0 Å². The number of amides is 1. The third-order valence-electron chi connectivity index (χ3n) is 1.62. The van der Waals surface area contributed by atoms with E-state index < -0.39 is 16.7 Å². The smallest absolute Gasteiger partial charge is 0.401 e. The van der Waals surface area contributed by atoms with E-state index in [4.69, 9.17) is 9.95 Å². The summed E-state index contributed by atoms with van der Waals surface area (Å²) >= 11 is 0. The highest BCUT2D eigenvalue weighted by Gasteiger charge is 2.11. The zero-order valence-electron chi connectivity index (χ0n) is 8.15. The number of azide groups is 1. The first-order chi connectivity index (χ1) is 7.54. The highest BCUT2D eigenvalue weighted by Crippen LogP contribution is 2.18. The molecule has 0 spiro atoms. The van der Waals surface area contributed by atoms with Crippen LogP contribution in [0.1, 0.15) is 12.7 Å². The summed E-state index contributed by atoms with van der Waals surface area (Å²) in [4.78, 5) is 23.0. The van der Waals surface area contributed by atoms with Crippen molar-refractivity contribution in [1.82, 2.24) is 0 Å². The maximum Gasteiger partial charge on any atom is 0.433 e. The van der Waals surface area contributed by atoms with Gasteiger partial charge in [0.05, 0.1) is 6.07 Å². The number of carbonyl (C=O) groups excluding carboxylic acids is 1. The lowest BCUT2D eigenvalue weighted by molar-refractivity contribution is -0.402. The minimum Gasteiger partial charge on any atom is -0.401 e. The van der Waals surface area contributed by atoms with Gasteiger partial charge in [0.25, 0.3) is 0 Å². The van der Waals surface area contributed by atoms with Crippen molar-refractivity contribution in [2.75, 3.05) is 0 Å². The van der Waals surface area contributed by atoms with Crippen LogP contribution < -0.4 is 0 Å². The Morgan fingerprint density at radius 1 is 1.69 bits per heavy atom. The summed E-state index contributed by atoms with van der Waals surface area (Å²) in [7, 11) is 0. The number of nitrogens with zero attached hydrogens (tertiary/aromatic N) is 4. The van der Waals surface area contributed by atoms with E-state index in [-0.39, 0.29) is 11.3 Å². The third kappa shape index (κ3) is 2.69. The first-order valence-corrected chi connectivity index (χ1v) is 4.06. The van der Waals surface area contributed by atoms with Crippen LogP contribution in [-0.4, -0.2) is 10.8 Å². The lowest BCUT2D eigenvalue weighted by Crippen LogP contribution is -1.92. The van der Waals surface area contributed by atoms with Crippen molar-refractivity contribution in [3.05, 3.63) is 44.0 Å². The molecular weight excluding hydrogens is 216 g/mol. The molecule has 0 bridgehead atoms. The molecule has 1 heterocycles. The second-order valence-corrected chi connectivity index (χ2v) is 2.76. The first kappa shape index (κ1) is 11.5. The minimum atomic E-state index is -0.762. The van der Waals surface area contributed by atoms with Gasteiger partial charge in [-0.05, 0) is 29.7 Å². The maximum absolute atomic E-state index is 11.0. The average Bonchev–Trinajstić information content (AvgIpc) is 2.66. The van der Waals surface area contributed by atoms with Crippen LogP contribution in [0.4, 0.5) is 5.88 Å². The SMILES string of the molecule is C/C(=C\c1ccc([N+](=O)[O-])o1)C(=O)N=[N+]=[N-]. The predicted molar refractivity (Wildman–Crippen MR) is 53.2 cm³/mol. The summed E-state index contributed by atoms with van der Waals surface area (Å²) < 4.78 is 4.78. The van der Waals surface area contributed by atoms with Crippen molar-refractivity contribution in [2.24, 2.45) is 5.11 Å². The molecular formula is C8H6N4O4. The number of furan rings is 1. The Labute approximate surface area is 88.9 Å². The lowest BCUT2D eigenvalue weighted by Gasteiger charge is -1.90. The van der Waals surface area contributed by atoms with Crippen molar-refractivity contribution in [1.29, 1.82) is 0 Å². The molecule has 0 atom stereocenters. The molecule has 8 heteroatoms. The van der Waals surface area contributed by atoms with Crippen molar-refractivity contribution in [3.8, 4) is 0 Å². The monoisotopic (exact) mass is 222 g/mol. The number of hydrogen-bond acceptors (Lipinski definition) is 4. The summed E-state index contributed by atoms with van der Waals surface area (Å²) in [6.07, 6.45) is 1.25. The van der Waals surface area contributed by atoms with Gasteiger partial charge in [0, 0.05) is 10.5 Å². The van der Waals surface area contributed by atoms with Crippen LogP contribution in [0, 0.1) is 10.1 Å². The van der Waals surface area contributed by atoms with Crippen molar-refractivity contribution in [2.45, 2.75) is 6.92 Å². The quantitative estimate of drug-likeness (QED) is 0.194. The molecule has 0 unspecified atom stereocenters. The second kappa shape index (κ2) is 4.76. The molecule has 0 aliphatic rings. The highest BCUT2D eigenvalue weighted by atomic mass is 16.6. The van der Waals surface area contributed by atoms with Crippen LogP contribution in [0.2, 0.25) is 0 Å². The first-order valence-electron chi connectivity index (χ1n) is 4.06. The molecule has 0 aliphatic heterocycles. The van der Waals surface area contributed by atoms with E-state index in [0.717, 1.165) is 6.07 Å². The second-order valence-electron chi connectivity index (χ2n) is 2.76. The zero-order valence-corrected chi connectivity index (χ0v) is 8.15. The predicted octanol–water partition coefficient (Wildman–Crippen LogP) is 2.43. The Morgan fingerprint density at radius 3 is 2.88 bits per heavy atom. The molecule has 0 aliphatic carbocycles. The van der Waals surface area contributed by atoms with Gasteiger partial charge < -0.3 is 4.42 Å². The Balaban J connectivity index is 2.94. The van der Waals surface area contributed by atoms with Crippen LogP contribution in [0.15, 0.2) is 27.2 Å². The van der Waals surface area contributed by atoms with E-state index in [9.17, 15) is 14.9 Å². The molecule has 0 N–H and O–H groups in total. The van der Waals surface area contributed by atoms with Crippen LogP contribution in [0.25, 0.3) is 16.5 Å². The van der Waals surface area contributed by atoms with Crippen LogP contribution in [-0.2, 0) is 4.79 Å². The molecule has 0 radical (unpaired) electrons. The molecule has 1 aromatic heterocycles. The van der Waals surface area contributed by atoms with Gasteiger partial charge in [0.15, 0.2) is 0 Å². The molecule has 0 fully saturated rings. The summed E-state index contributed by atoms with van der Waals surface area (Å²) in [5.74, 6) is -1.04. The number of hydrogen-bond donors (Lipinski definition) is 0. The van der Waals surface area contributed by atoms with Gasteiger partial charge in [-0.1, -0.05) is 0 Å². The van der Waals surface area contributed by atoms with Crippen LogP contribution in [0.5, 0.6) is 0 Å². The van der Waals surface area contributed by atoms with Crippen molar-refractivity contribution >= 4 is 17.9 Å². The third-order valence-corrected chi connectivity index (χ3v) is 1.62. The molecule has 82 valence electrons. The van der Waals surface area contributed by atoms with E-state index in [1.807, 2.05) is 0 Å². The van der Waals surface area contributed by atoms with Gasteiger partial charge >= 0.3 is 5.88 Å². The largest absolute Gasteiger partial charge is 0.433 e. The van der Waals surface area contributed by atoms with E-state index in [1.54, 1.807) is 0 Å². The normalized spacial score (nSPS) is 10.7. The molecule has 0 saturated carbocycles. The highest BCUT2D eigenvalue weighted by molar-refractivity contribution is 5.97. The molecule has 8 nitrogen and oxygen atoms in total. The fourth-order valence-corrected chi connectivity index (χ4v) is 0.913. The Morgan fingerprint density at radius 2 is 2.38 bits per heavy atom. The molecule has 0 saturated heterocycles. The Kier molecular flexibility index (Phi) is 3.41. The lowest BCUT2D eigenvalue weighted by atomic mass is 10.2. The van der Waals surface area contributed by atoms with Crippen molar-refractivity contribution < 1.29 is 14.1 Å². The fraction of sp³-hybridized carbons (Fsp3) is 0.125. The minimum absolute atomic E-state index is 0.127. The standard InChI is InChI=1S/C8H6N4O4/c1-5(8(13)10-11-9)4-6-2-3-7(16-6)12(14)15/h2-4H,1H3/b5-4+. The summed E-state index contributed by atoms with van der Waals surface area (Å²) in [5.41, 5.74) is 8.15. The summed E-state index contributed by atoms with van der Waals surface area (Å²) in [6, 6.07) is 2.50. The zero-order chi connectivity index (χ0) is 12.1. The maximum atomic E-state index is 11.0. The Bertz CT molecular complexity index is 510. The molecule has 0 aromatic carbocycles. The van der Waals surface area contributed by atoms with Gasteiger partial charge in [-0.2, -0.15) is 0 Å². The van der Waals surface area contributed by atoms with Gasteiger partial charge in [-0.25, -0.2) is 0 Å².